The number of nitrogens with one attached hydrogen (secondary N) is 1. The molecule has 6 heteroatoms. The van der Waals surface area contributed by atoms with E-state index >= 15 is 0 Å². The van der Waals surface area contributed by atoms with Gasteiger partial charge in [0.1, 0.15) is 0 Å². The summed E-state index contributed by atoms with van der Waals surface area (Å²) >= 11 is 2.21. The Morgan fingerprint density at radius 1 is 0.933 bits per heavy atom. The molecule has 2 saturated carbocycles. The number of hydrogen-bond donors (Lipinski definition) is 1. The number of rotatable bonds is 3. The van der Waals surface area contributed by atoms with Crippen LogP contribution in [0.5, 0.6) is 0 Å². The van der Waals surface area contributed by atoms with Crippen molar-refractivity contribution >= 4 is 51.7 Å². The number of imide groups is 1. The quantitative estimate of drug-likeness (QED) is 0.384. The molecule has 7 rings (SSSR count). The molecule has 1 N–H and O–H groups in total. The monoisotopic (exact) mass is 510 g/mol. The Labute approximate surface area is 187 Å². The highest BCUT2D eigenvalue weighted by molar-refractivity contribution is 14.1. The van der Waals surface area contributed by atoms with Gasteiger partial charge < -0.3 is 5.32 Å². The summed E-state index contributed by atoms with van der Waals surface area (Å²) < 4.78 is 1.08. The number of hydrogen-bond acceptors (Lipinski definition) is 3. The number of halogens is 1. The third-order valence-electron chi connectivity index (χ3n) is 7.13. The fraction of sp³-hybridized carbons (Fsp3) is 0.292. The van der Waals surface area contributed by atoms with Gasteiger partial charge in [0.15, 0.2) is 0 Å². The van der Waals surface area contributed by atoms with Crippen molar-refractivity contribution in [1.82, 2.24) is 0 Å². The van der Waals surface area contributed by atoms with E-state index < -0.39 is 0 Å². The number of benzene rings is 2. The van der Waals surface area contributed by atoms with Crippen molar-refractivity contribution in [3.05, 3.63) is 69.8 Å². The van der Waals surface area contributed by atoms with Gasteiger partial charge in [-0.05, 0) is 95.1 Å². The van der Waals surface area contributed by atoms with E-state index in [0.717, 1.165) is 9.99 Å². The highest BCUT2D eigenvalue weighted by atomic mass is 127. The van der Waals surface area contributed by atoms with Crippen molar-refractivity contribution < 1.29 is 14.4 Å². The normalized spacial score (nSPS) is 32.8. The van der Waals surface area contributed by atoms with Crippen molar-refractivity contribution in [3.63, 3.8) is 0 Å². The van der Waals surface area contributed by atoms with Crippen LogP contribution in [0.2, 0.25) is 0 Å². The lowest BCUT2D eigenvalue weighted by atomic mass is 9.63. The molecule has 4 aliphatic carbocycles. The standard InChI is InChI=1S/C24H19IN2O3/c25-13-4-6-14(7-5-13)26-22(28)12-2-1-3-15(10-12)27-23(29)20-16-8-9-17(19-11-18(16)19)21(20)24(27)30/h1-10,16-21H,11H2,(H,26,28)/t16-,17-,18-,19-,20+,21+/m0/s1. The molecule has 1 heterocycles. The molecular weight excluding hydrogens is 491 g/mol. The molecule has 0 radical (unpaired) electrons. The molecule has 2 aromatic carbocycles. The van der Waals surface area contributed by atoms with E-state index in [1.165, 1.54) is 4.90 Å². The van der Waals surface area contributed by atoms with Gasteiger partial charge in [-0.25, -0.2) is 4.90 Å². The van der Waals surface area contributed by atoms with Crippen molar-refractivity contribution in [2.75, 3.05) is 10.2 Å². The van der Waals surface area contributed by atoms with Crippen LogP contribution in [0.1, 0.15) is 16.8 Å². The third kappa shape index (κ3) is 2.62. The Hall–Kier alpha value is -2.48. The number of nitrogens with zero attached hydrogens (tertiary/aromatic N) is 1. The molecule has 2 aromatic rings. The first-order chi connectivity index (χ1) is 14.5. The van der Waals surface area contributed by atoms with Crippen LogP contribution in [0, 0.1) is 39.1 Å². The second-order valence-corrected chi connectivity index (χ2v) is 9.92. The van der Waals surface area contributed by atoms with Crippen molar-refractivity contribution in [2.45, 2.75) is 6.42 Å². The summed E-state index contributed by atoms with van der Waals surface area (Å²) in [5, 5.41) is 2.87. The summed E-state index contributed by atoms with van der Waals surface area (Å²) in [6.45, 7) is 0. The van der Waals surface area contributed by atoms with E-state index in [0.29, 0.717) is 28.8 Å². The lowest BCUT2D eigenvalue weighted by molar-refractivity contribution is -0.124. The summed E-state index contributed by atoms with van der Waals surface area (Å²) in [4.78, 5) is 40.6. The highest BCUT2D eigenvalue weighted by Crippen LogP contribution is 2.65. The lowest BCUT2D eigenvalue weighted by Crippen LogP contribution is -2.40. The maximum Gasteiger partial charge on any atom is 0.255 e. The Morgan fingerprint density at radius 3 is 2.20 bits per heavy atom. The minimum Gasteiger partial charge on any atom is -0.322 e. The van der Waals surface area contributed by atoms with Crippen LogP contribution < -0.4 is 10.2 Å². The summed E-state index contributed by atoms with van der Waals surface area (Å²) in [7, 11) is 0. The van der Waals surface area contributed by atoms with Crippen molar-refractivity contribution in [3.8, 4) is 0 Å². The first-order valence-corrected chi connectivity index (χ1v) is 11.3. The zero-order valence-electron chi connectivity index (χ0n) is 16.0. The van der Waals surface area contributed by atoms with Crippen LogP contribution in [0.15, 0.2) is 60.7 Å². The third-order valence-corrected chi connectivity index (χ3v) is 7.85. The summed E-state index contributed by atoms with van der Waals surface area (Å²) in [5.74, 6) is 0.582. The van der Waals surface area contributed by atoms with Crippen LogP contribution in [-0.2, 0) is 9.59 Å². The second kappa shape index (κ2) is 6.51. The molecule has 30 heavy (non-hydrogen) atoms. The van der Waals surface area contributed by atoms with Gasteiger partial charge >= 0.3 is 0 Å². The van der Waals surface area contributed by atoms with E-state index in [-0.39, 0.29) is 41.4 Å². The van der Waals surface area contributed by atoms with Gasteiger partial charge in [0, 0.05) is 14.8 Å². The number of amides is 3. The van der Waals surface area contributed by atoms with E-state index in [4.69, 9.17) is 0 Å². The van der Waals surface area contributed by atoms with E-state index in [9.17, 15) is 14.4 Å². The summed E-state index contributed by atoms with van der Waals surface area (Å²) in [6, 6.07) is 14.3. The summed E-state index contributed by atoms with van der Waals surface area (Å²) in [6.07, 6.45) is 5.48. The molecule has 0 aromatic heterocycles. The number of carbonyl (C=O) groups is 3. The highest BCUT2D eigenvalue weighted by Gasteiger charge is 2.67. The fourth-order valence-electron chi connectivity index (χ4n) is 5.73. The topological polar surface area (TPSA) is 66.5 Å². The number of allylic oxidation sites excluding steroid dienone is 2. The van der Waals surface area contributed by atoms with Gasteiger partial charge in [0.25, 0.3) is 5.91 Å². The second-order valence-electron chi connectivity index (χ2n) is 8.68. The van der Waals surface area contributed by atoms with E-state index in [2.05, 4.69) is 40.1 Å². The zero-order valence-corrected chi connectivity index (χ0v) is 18.2. The Kier molecular flexibility index (Phi) is 3.97. The van der Waals surface area contributed by atoms with Gasteiger partial charge in [-0.2, -0.15) is 0 Å². The van der Waals surface area contributed by atoms with Crippen LogP contribution in [0.3, 0.4) is 0 Å². The molecule has 0 spiro atoms. The first-order valence-electron chi connectivity index (χ1n) is 10.3. The van der Waals surface area contributed by atoms with Crippen LogP contribution in [0.25, 0.3) is 0 Å². The SMILES string of the molecule is O=C(Nc1ccc(I)cc1)c1cccc(N2C(=O)[C@@H]3[C@H]4C=C[C@@H]([C@@H]5C[C@@H]45)[C@H]3C2=O)c1. The molecule has 2 bridgehead atoms. The van der Waals surface area contributed by atoms with E-state index in [1.807, 2.05) is 24.3 Å². The smallest absolute Gasteiger partial charge is 0.255 e. The predicted molar refractivity (Wildman–Crippen MR) is 121 cm³/mol. The lowest BCUT2D eigenvalue weighted by Gasteiger charge is -2.37. The largest absolute Gasteiger partial charge is 0.322 e. The molecule has 3 fully saturated rings. The number of carbonyl (C=O) groups excluding carboxylic acids is 3. The van der Waals surface area contributed by atoms with Gasteiger partial charge in [0.2, 0.25) is 11.8 Å². The molecular formula is C24H19IN2O3. The van der Waals surface area contributed by atoms with Gasteiger partial charge in [-0.15, -0.1) is 0 Å². The molecule has 1 aliphatic heterocycles. The van der Waals surface area contributed by atoms with Gasteiger partial charge in [-0.3, -0.25) is 14.4 Å². The minimum atomic E-state index is -0.266. The molecule has 5 nitrogen and oxygen atoms in total. The average Bonchev–Trinajstić information content (AvgIpc) is 3.53. The van der Waals surface area contributed by atoms with Crippen LogP contribution in [-0.4, -0.2) is 17.7 Å². The minimum absolute atomic E-state index is 0.107. The maximum absolute atomic E-state index is 13.3. The summed E-state index contributed by atoms with van der Waals surface area (Å²) in [5.41, 5.74) is 1.61. The van der Waals surface area contributed by atoms with Crippen molar-refractivity contribution in [1.29, 1.82) is 0 Å². The Bertz CT molecular complexity index is 1090. The maximum atomic E-state index is 13.3. The Morgan fingerprint density at radius 2 is 1.57 bits per heavy atom. The van der Waals surface area contributed by atoms with Crippen LogP contribution in [0.4, 0.5) is 11.4 Å². The van der Waals surface area contributed by atoms with Crippen molar-refractivity contribution in [2.24, 2.45) is 35.5 Å². The Balaban J connectivity index is 1.28. The zero-order chi connectivity index (χ0) is 20.6. The molecule has 1 saturated heterocycles. The first kappa shape index (κ1) is 18.3. The average molecular weight is 510 g/mol. The van der Waals surface area contributed by atoms with E-state index in [1.54, 1.807) is 24.3 Å². The van der Waals surface area contributed by atoms with Gasteiger partial charge in [0.05, 0.1) is 17.5 Å². The molecule has 3 amide bonds. The van der Waals surface area contributed by atoms with Crippen LogP contribution >= 0.6 is 22.6 Å². The molecule has 5 aliphatic rings. The molecule has 6 atom stereocenters. The predicted octanol–water partition coefficient (Wildman–Crippen LogP) is 4.10. The molecule has 0 unspecified atom stereocenters. The number of anilines is 2. The molecule has 150 valence electrons. The fourth-order valence-corrected chi connectivity index (χ4v) is 6.09. The van der Waals surface area contributed by atoms with Gasteiger partial charge in [-0.1, -0.05) is 18.2 Å².